The topological polar surface area (TPSA) is 30.0 Å². The van der Waals surface area contributed by atoms with Crippen LogP contribution in [0, 0.1) is 6.92 Å². The van der Waals surface area contributed by atoms with Crippen LogP contribution < -0.4 is 0 Å². The lowest BCUT2D eigenvalue weighted by atomic mass is 10.0. The normalized spacial score (nSPS) is 10.7. The lowest BCUT2D eigenvalue weighted by molar-refractivity contribution is 0.102. The number of pyridine rings is 1. The van der Waals surface area contributed by atoms with E-state index >= 15 is 0 Å². The van der Waals surface area contributed by atoms with Crippen LogP contribution in [0.5, 0.6) is 0 Å². The van der Waals surface area contributed by atoms with Gasteiger partial charge in [-0.1, -0.05) is 35.9 Å². The fourth-order valence-electron chi connectivity index (χ4n) is 2.29. The first-order valence-electron chi connectivity index (χ1n) is 6.79. The van der Waals surface area contributed by atoms with Gasteiger partial charge in [-0.2, -0.15) is 0 Å². The molecule has 3 rings (SSSR count). The smallest absolute Gasteiger partial charge is 0.173 e. The number of aromatic nitrogens is 1. The molecule has 0 amide bonds. The van der Waals surface area contributed by atoms with E-state index in [1.165, 1.54) is 5.56 Å². The van der Waals surface area contributed by atoms with E-state index in [1.54, 1.807) is 24.2 Å². The van der Waals surface area contributed by atoms with Crippen LogP contribution >= 0.6 is 11.8 Å². The maximum absolute atomic E-state index is 12.5. The number of carbonyl (C=O) groups excluding carboxylic acids is 1. The molecule has 0 unspecified atom stereocenters. The number of hydrogen-bond acceptors (Lipinski definition) is 3. The van der Waals surface area contributed by atoms with Gasteiger partial charge in [0.05, 0.1) is 5.75 Å². The Labute approximate surface area is 128 Å². The van der Waals surface area contributed by atoms with E-state index in [-0.39, 0.29) is 5.78 Å². The van der Waals surface area contributed by atoms with Crippen molar-refractivity contribution in [2.75, 3.05) is 5.75 Å². The molecule has 0 aliphatic carbocycles. The van der Waals surface area contributed by atoms with Crippen LogP contribution in [-0.4, -0.2) is 16.5 Å². The number of nitrogens with zero attached hydrogens (tertiary/aromatic N) is 1. The summed E-state index contributed by atoms with van der Waals surface area (Å²) in [4.78, 5) is 17.7. The van der Waals surface area contributed by atoms with Crippen LogP contribution in [-0.2, 0) is 0 Å². The van der Waals surface area contributed by atoms with E-state index in [0.29, 0.717) is 5.75 Å². The number of rotatable bonds is 4. The zero-order chi connectivity index (χ0) is 14.7. The number of fused-ring (bicyclic) bond motifs is 1. The fourth-order valence-corrected chi connectivity index (χ4v) is 3.19. The van der Waals surface area contributed by atoms with Crippen molar-refractivity contribution >= 4 is 28.3 Å². The molecule has 0 bridgehead atoms. The van der Waals surface area contributed by atoms with Crippen molar-refractivity contribution in [3.63, 3.8) is 0 Å². The maximum Gasteiger partial charge on any atom is 0.173 e. The Bertz CT molecular complexity index is 793. The average Bonchev–Trinajstić information content (AvgIpc) is 2.52. The Morgan fingerprint density at radius 1 is 1.14 bits per heavy atom. The minimum atomic E-state index is 0.139. The predicted octanol–water partition coefficient (Wildman–Crippen LogP) is 4.52. The van der Waals surface area contributed by atoms with E-state index in [9.17, 15) is 4.79 Å². The van der Waals surface area contributed by atoms with Gasteiger partial charge in [0.2, 0.25) is 0 Å². The highest BCUT2D eigenvalue weighted by atomic mass is 32.2. The van der Waals surface area contributed by atoms with E-state index in [2.05, 4.69) is 24.0 Å². The quantitative estimate of drug-likeness (QED) is 0.523. The van der Waals surface area contributed by atoms with Crippen LogP contribution in [0.3, 0.4) is 0 Å². The number of ketones is 1. The first-order chi connectivity index (χ1) is 10.2. The zero-order valence-corrected chi connectivity index (χ0v) is 12.6. The molecular formula is C18H15NOS. The fraction of sp³-hybridized carbons (Fsp3) is 0.111. The lowest BCUT2D eigenvalue weighted by Crippen LogP contribution is -2.03. The molecule has 0 aliphatic rings. The first kappa shape index (κ1) is 13.8. The molecule has 3 aromatic rings. The number of aryl methyl sites for hydroxylation is 1. The van der Waals surface area contributed by atoms with Crippen LogP contribution in [0.2, 0.25) is 0 Å². The average molecular weight is 293 g/mol. The largest absolute Gasteiger partial charge is 0.293 e. The summed E-state index contributed by atoms with van der Waals surface area (Å²) in [7, 11) is 0. The molecule has 0 aliphatic heterocycles. The van der Waals surface area contributed by atoms with E-state index in [1.807, 2.05) is 36.4 Å². The maximum atomic E-state index is 12.5. The van der Waals surface area contributed by atoms with Gasteiger partial charge >= 0.3 is 0 Å². The molecule has 1 heterocycles. The summed E-state index contributed by atoms with van der Waals surface area (Å²) in [5.41, 5.74) is 1.96. The van der Waals surface area contributed by atoms with Crippen molar-refractivity contribution in [1.29, 1.82) is 0 Å². The van der Waals surface area contributed by atoms with Gasteiger partial charge in [0.15, 0.2) is 5.78 Å². The molecule has 0 fully saturated rings. The zero-order valence-electron chi connectivity index (χ0n) is 11.7. The highest BCUT2D eigenvalue weighted by molar-refractivity contribution is 8.00. The summed E-state index contributed by atoms with van der Waals surface area (Å²) < 4.78 is 0. The van der Waals surface area contributed by atoms with Gasteiger partial charge in [-0.05, 0) is 30.5 Å². The number of carbonyl (C=O) groups is 1. The van der Waals surface area contributed by atoms with Crippen molar-refractivity contribution < 1.29 is 4.79 Å². The lowest BCUT2D eigenvalue weighted by Gasteiger charge is -2.06. The number of hydrogen-bond donors (Lipinski definition) is 0. The summed E-state index contributed by atoms with van der Waals surface area (Å²) in [6.07, 6.45) is 3.51. The molecule has 0 atom stereocenters. The number of benzene rings is 2. The van der Waals surface area contributed by atoms with Crippen molar-refractivity contribution in [2.24, 2.45) is 0 Å². The van der Waals surface area contributed by atoms with E-state index in [0.717, 1.165) is 21.2 Å². The van der Waals surface area contributed by atoms with E-state index < -0.39 is 0 Å². The van der Waals surface area contributed by atoms with Gasteiger partial charge in [0.25, 0.3) is 0 Å². The van der Waals surface area contributed by atoms with Gasteiger partial charge in [-0.25, -0.2) is 0 Å². The molecule has 0 spiro atoms. The predicted molar refractivity (Wildman–Crippen MR) is 88.0 cm³/mol. The van der Waals surface area contributed by atoms with Crippen LogP contribution in [0.15, 0.2) is 65.8 Å². The minimum absolute atomic E-state index is 0.139. The van der Waals surface area contributed by atoms with Gasteiger partial charge in [0.1, 0.15) is 0 Å². The Hall–Kier alpha value is -2.13. The highest BCUT2D eigenvalue weighted by Crippen LogP contribution is 2.23. The van der Waals surface area contributed by atoms with Crippen molar-refractivity contribution in [3.8, 4) is 0 Å². The van der Waals surface area contributed by atoms with Gasteiger partial charge in [-0.15, -0.1) is 11.8 Å². The van der Waals surface area contributed by atoms with Crippen LogP contribution in [0.25, 0.3) is 10.8 Å². The van der Waals surface area contributed by atoms with Crippen molar-refractivity contribution in [2.45, 2.75) is 11.8 Å². The summed E-state index contributed by atoms with van der Waals surface area (Å²) in [5, 5.41) is 1.98. The highest BCUT2D eigenvalue weighted by Gasteiger charge is 2.10. The number of thioether (sulfide) groups is 1. The molecule has 0 radical (unpaired) electrons. The third-order valence-electron chi connectivity index (χ3n) is 3.34. The number of Topliss-reactive ketones (excluding diaryl/α,β-unsaturated/α-hetero) is 1. The second-order valence-electron chi connectivity index (χ2n) is 4.93. The molecule has 104 valence electrons. The molecule has 21 heavy (non-hydrogen) atoms. The first-order valence-corrected chi connectivity index (χ1v) is 7.78. The van der Waals surface area contributed by atoms with Crippen LogP contribution in [0.1, 0.15) is 15.9 Å². The Kier molecular flexibility index (Phi) is 4.02. The Morgan fingerprint density at radius 3 is 2.86 bits per heavy atom. The summed E-state index contributed by atoms with van der Waals surface area (Å²) >= 11 is 1.58. The van der Waals surface area contributed by atoms with Crippen molar-refractivity contribution in [3.05, 3.63) is 72.1 Å². The van der Waals surface area contributed by atoms with Gasteiger partial charge in [0, 0.05) is 28.2 Å². The molecule has 0 N–H and O–H groups in total. The van der Waals surface area contributed by atoms with Gasteiger partial charge in [-0.3, -0.25) is 9.78 Å². The standard InChI is InChI=1S/C18H15NOS/c1-13-4-2-6-15(10-13)21-12-18(20)16-7-3-5-14-8-9-19-11-17(14)16/h2-11H,12H2,1H3. The third-order valence-corrected chi connectivity index (χ3v) is 4.34. The summed E-state index contributed by atoms with van der Waals surface area (Å²) in [6.45, 7) is 2.06. The molecule has 0 saturated heterocycles. The SMILES string of the molecule is Cc1cccc(SCC(=O)c2cccc3ccncc23)c1. The third kappa shape index (κ3) is 3.14. The molecule has 3 heteroatoms. The monoisotopic (exact) mass is 293 g/mol. The Balaban J connectivity index is 1.81. The second kappa shape index (κ2) is 6.10. The second-order valence-corrected chi connectivity index (χ2v) is 5.98. The molecule has 1 aromatic heterocycles. The molecule has 0 saturated carbocycles. The summed E-state index contributed by atoms with van der Waals surface area (Å²) in [6, 6.07) is 15.9. The molecular weight excluding hydrogens is 278 g/mol. The van der Waals surface area contributed by atoms with E-state index in [4.69, 9.17) is 0 Å². The Morgan fingerprint density at radius 2 is 2.00 bits per heavy atom. The minimum Gasteiger partial charge on any atom is -0.293 e. The molecule has 2 aromatic carbocycles. The summed E-state index contributed by atoms with van der Waals surface area (Å²) in [5.74, 6) is 0.581. The molecule has 2 nitrogen and oxygen atoms in total. The van der Waals surface area contributed by atoms with Crippen LogP contribution in [0.4, 0.5) is 0 Å². The van der Waals surface area contributed by atoms with Gasteiger partial charge < -0.3 is 0 Å². The van der Waals surface area contributed by atoms with Crippen molar-refractivity contribution in [1.82, 2.24) is 4.98 Å².